The monoisotopic (exact) mass is 197 g/mol. The van der Waals surface area contributed by atoms with Gasteiger partial charge in [0.05, 0.1) is 11.4 Å². The average molecular weight is 197 g/mol. The Balaban J connectivity index is 2.46. The highest BCUT2D eigenvalue weighted by molar-refractivity contribution is 7.98. The lowest BCUT2D eigenvalue weighted by molar-refractivity contribution is 0.918. The largest absolute Gasteiger partial charge is 0.325 e. The summed E-state index contributed by atoms with van der Waals surface area (Å²) >= 11 is 1.86. The number of rotatable bonds is 5. The fourth-order valence-corrected chi connectivity index (χ4v) is 1.69. The first-order chi connectivity index (χ1) is 6.36. The summed E-state index contributed by atoms with van der Waals surface area (Å²) < 4.78 is 0. The predicted molar refractivity (Wildman–Crippen MR) is 56.4 cm³/mol. The van der Waals surface area contributed by atoms with E-state index >= 15 is 0 Å². The van der Waals surface area contributed by atoms with Gasteiger partial charge >= 0.3 is 0 Å². The standard InChI is InChI=1S/C9H15N3S/c1-2-5-13-7-9-11-4-3-8(6-10)12-9/h3-4H,2,5-7,10H2,1H3. The van der Waals surface area contributed by atoms with Gasteiger partial charge in [-0.15, -0.1) is 0 Å². The fourth-order valence-electron chi connectivity index (χ4n) is 0.932. The molecule has 0 bridgehead atoms. The highest BCUT2D eigenvalue weighted by atomic mass is 32.2. The summed E-state index contributed by atoms with van der Waals surface area (Å²) in [6, 6.07) is 1.86. The van der Waals surface area contributed by atoms with E-state index in [4.69, 9.17) is 5.73 Å². The molecule has 0 fully saturated rings. The molecule has 0 saturated carbocycles. The normalized spacial score (nSPS) is 10.3. The fraction of sp³-hybridized carbons (Fsp3) is 0.556. The molecule has 72 valence electrons. The van der Waals surface area contributed by atoms with Crippen LogP contribution in [-0.4, -0.2) is 15.7 Å². The molecule has 1 aromatic rings. The molecule has 0 amide bonds. The summed E-state index contributed by atoms with van der Waals surface area (Å²) in [5, 5.41) is 0. The van der Waals surface area contributed by atoms with E-state index in [2.05, 4.69) is 16.9 Å². The molecule has 0 saturated heterocycles. The van der Waals surface area contributed by atoms with Crippen LogP contribution in [0.1, 0.15) is 24.9 Å². The zero-order chi connectivity index (χ0) is 9.52. The third-order valence-corrected chi connectivity index (χ3v) is 2.71. The molecule has 0 aliphatic rings. The molecule has 0 aromatic carbocycles. The lowest BCUT2D eigenvalue weighted by Gasteiger charge is -2.00. The minimum atomic E-state index is 0.494. The second-order valence-electron chi connectivity index (χ2n) is 2.72. The van der Waals surface area contributed by atoms with Crippen LogP contribution in [0.2, 0.25) is 0 Å². The summed E-state index contributed by atoms with van der Waals surface area (Å²) in [6.07, 6.45) is 2.97. The second kappa shape index (κ2) is 5.94. The maximum Gasteiger partial charge on any atom is 0.138 e. The molecule has 2 N–H and O–H groups in total. The Labute approximate surface area is 83.2 Å². The molecule has 3 nitrogen and oxygen atoms in total. The average Bonchev–Trinajstić information content (AvgIpc) is 2.19. The Kier molecular flexibility index (Phi) is 4.78. The summed E-state index contributed by atoms with van der Waals surface area (Å²) in [7, 11) is 0. The van der Waals surface area contributed by atoms with Crippen LogP contribution in [0.3, 0.4) is 0 Å². The smallest absolute Gasteiger partial charge is 0.138 e. The van der Waals surface area contributed by atoms with E-state index in [-0.39, 0.29) is 0 Å². The lowest BCUT2D eigenvalue weighted by atomic mass is 10.4. The van der Waals surface area contributed by atoms with Crippen LogP contribution in [0.5, 0.6) is 0 Å². The van der Waals surface area contributed by atoms with Gasteiger partial charge in [-0.25, -0.2) is 9.97 Å². The molecule has 0 radical (unpaired) electrons. The minimum Gasteiger partial charge on any atom is -0.325 e. The molecule has 4 heteroatoms. The van der Waals surface area contributed by atoms with Crippen molar-refractivity contribution in [2.24, 2.45) is 5.73 Å². The summed E-state index contributed by atoms with van der Waals surface area (Å²) in [4.78, 5) is 8.48. The molecular formula is C9H15N3S. The van der Waals surface area contributed by atoms with Crippen LogP contribution >= 0.6 is 11.8 Å². The van der Waals surface area contributed by atoms with Gasteiger partial charge in [-0.1, -0.05) is 6.92 Å². The van der Waals surface area contributed by atoms with E-state index in [0.717, 1.165) is 23.0 Å². The first-order valence-corrected chi connectivity index (χ1v) is 5.61. The van der Waals surface area contributed by atoms with Crippen LogP contribution in [0.15, 0.2) is 12.3 Å². The van der Waals surface area contributed by atoms with Gasteiger partial charge in [-0.2, -0.15) is 11.8 Å². The van der Waals surface area contributed by atoms with Crippen LogP contribution in [0, 0.1) is 0 Å². The number of hydrogen-bond acceptors (Lipinski definition) is 4. The Bertz CT molecular complexity index is 252. The van der Waals surface area contributed by atoms with E-state index in [9.17, 15) is 0 Å². The van der Waals surface area contributed by atoms with Gasteiger partial charge in [0.25, 0.3) is 0 Å². The molecule has 0 atom stereocenters. The van der Waals surface area contributed by atoms with Crippen molar-refractivity contribution >= 4 is 11.8 Å². The van der Waals surface area contributed by atoms with E-state index in [1.54, 1.807) is 6.20 Å². The molecule has 0 spiro atoms. The Morgan fingerprint density at radius 3 is 3.08 bits per heavy atom. The van der Waals surface area contributed by atoms with Gasteiger partial charge in [0.15, 0.2) is 0 Å². The van der Waals surface area contributed by atoms with Crippen molar-refractivity contribution in [1.82, 2.24) is 9.97 Å². The number of hydrogen-bond donors (Lipinski definition) is 1. The van der Waals surface area contributed by atoms with Crippen LogP contribution in [-0.2, 0) is 12.3 Å². The topological polar surface area (TPSA) is 51.8 Å². The molecule has 0 aliphatic carbocycles. The zero-order valence-corrected chi connectivity index (χ0v) is 8.68. The van der Waals surface area contributed by atoms with Crippen LogP contribution in [0.25, 0.3) is 0 Å². The number of aromatic nitrogens is 2. The zero-order valence-electron chi connectivity index (χ0n) is 7.86. The van der Waals surface area contributed by atoms with Crippen molar-refractivity contribution in [1.29, 1.82) is 0 Å². The maximum atomic E-state index is 5.48. The molecule has 13 heavy (non-hydrogen) atoms. The van der Waals surface area contributed by atoms with Crippen molar-refractivity contribution < 1.29 is 0 Å². The van der Waals surface area contributed by atoms with E-state index in [1.807, 2.05) is 17.8 Å². The van der Waals surface area contributed by atoms with Crippen molar-refractivity contribution in [3.05, 3.63) is 23.8 Å². The predicted octanol–water partition coefficient (Wildman–Crippen LogP) is 1.58. The van der Waals surface area contributed by atoms with Crippen molar-refractivity contribution in [2.75, 3.05) is 5.75 Å². The Morgan fingerprint density at radius 2 is 2.38 bits per heavy atom. The van der Waals surface area contributed by atoms with Gasteiger partial charge < -0.3 is 5.73 Å². The first kappa shape index (κ1) is 10.5. The van der Waals surface area contributed by atoms with Gasteiger partial charge in [-0.3, -0.25) is 0 Å². The molecule has 1 rings (SSSR count). The first-order valence-electron chi connectivity index (χ1n) is 4.45. The third kappa shape index (κ3) is 3.74. The molecule has 0 aliphatic heterocycles. The minimum absolute atomic E-state index is 0.494. The number of nitrogens with zero attached hydrogens (tertiary/aromatic N) is 2. The Morgan fingerprint density at radius 1 is 1.54 bits per heavy atom. The SMILES string of the molecule is CCCSCc1nccc(CN)n1. The number of nitrogens with two attached hydrogens (primary N) is 1. The van der Waals surface area contributed by atoms with Crippen molar-refractivity contribution in [3.63, 3.8) is 0 Å². The highest BCUT2D eigenvalue weighted by Gasteiger charge is 1.97. The quantitative estimate of drug-likeness (QED) is 0.728. The lowest BCUT2D eigenvalue weighted by Crippen LogP contribution is -2.03. The number of thioether (sulfide) groups is 1. The summed E-state index contributed by atoms with van der Waals surface area (Å²) in [5.74, 6) is 2.94. The van der Waals surface area contributed by atoms with Gasteiger partial charge in [0.2, 0.25) is 0 Å². The van der Waals surface area contributed by atoms with E-state index in [0.29, 0.717) is 6.54 Å². The van der Waals surface area contributed by atoms with E-state index < -0.39 is 0 Å². The van der Waals surface area contributed by atoms with Crippen molar-refractivity contribution in [3.8, 4) is 0 Å². The summed E-state index contributed by atoms with van der Waals surface area (Å²) in [5.41, 5.74) is 6.40. The third-order valence-electron chi connectivity index (χ3n) is 1.55. The van der Waals surface area contributed by atoms with Gasteiger partial charge in [-0.05, 0) is 18.2 Å². The molecule has 0 unspecified atom stereocenters. The van der Waals surface area contributed by atoms with Gasteiger partial charge in [0, 0.05) is 12.7 Å². The molecule has 1 aromatic heterocycles. The van der Waals surface area contributed by atoms with Gasteiger partial charge in [0.1, 0.15) is 5.82 Å². The van der Waals surface area contributed by atoms with E-state index in [1.165, 1.54) is 6.42 Å². The summed E-state index contributed by atoms with van der Waals surface area (Å²) in [6.45, 7) is 2.66. The van der Waals surface area contributed by atoms with Crippen LogP contribution < -0.4 is 5.73 Å². The van der Waals surface area contributed by atoms with Crippen molar-refractivity contribution in [2.45, 2.75) is 25.6 Å². The molecular weight excluding hydrogens is 182 g/mol. The highest BCUT2D eigenvalue weighted by Crippen LogP contribution is 2.09. The maximum absolute atomic E-state index is 5.48. The molecule has 1 heterocycles. The second-order valence-corrected chi connectivity index (χ2v) is 3.83. The van der Waals surface area contributed by atoms with Crippen LogP contribution in [0.4, 0.5) is 0 Å². The Hall–Kier alpha value is -0.610.